The molecule has 0 bridgehead atoms. The van der Waals surface area contributed by atoms with Gasteiger partial charge in [-0.3, -0.25) is 9.69 Å². The highest BCUT2D eigenvalue weighted by Gasteiger charge is 2.39. The number of carbonyl (C=O) groups excluding carboxylic acids is 1. The first-order chi connectivity index (χ1) is 11.3. The SMILES string of the molecule is C=CCC(CNC(=O)CCC)(c1ccc(Cl)c(Cl)c1)N(C)C(=O)O. The molecule has 1 atom stereocenters. The number of nitrogens with one attached hydrogen (secondary N) is 1. The first-order valence-electron chi connectivity index (χ1n) is 7.58. The molecule has 0 aliphatic rings. The largest absolute Gasteiger partial charge is 0.465 e. The van der Waals surface area contributed by atoms with Crippen molar-refractivity contribution in [2.45, 2.75) is 31.7 Å². The summed E-state index contributed by atoms with van der Waals surface area (Å²) in [5.74, 6) is -0.134. The van der Waals surface area contributed by atoms with Crippen LogP contribution in [0.5, 0.6) is 0 Å². The molecule has 7 heteroatoms. The molecule has 0 aromatic heterocycles. The van der Waals surface area contributed by atoms with Crippen molar-refractivity contribution in [2.24, 2.45) is 0 Å². The minimum atomic E-state index is -1.12. The molecule has 1 aromatic rings. The first kappa shape index (κ1) is 20.3. The van der Waals surface area contributed by atoms with Gasteiger partial charge in [0.25, 0.3) is 0 Å². The summed E-state index contributed by atoms with van der Waals surface area (Å²) in [4.78, 5) is 24.7. The Hall–Kier alpha value is -1.72. The minimum Gasteiger partial charge on any atom is -0.465 e. The van der Waals surface area contributed by atoms with E-state index in [0.29, 0.717) is 34.9 Å². The number of carboxylic acid groups (broad SMARTS) is 1. The Labute approximate surface area is 152 Å². The Bertz CT molecular complexity index is 622. The molecule has 0 spiro atoms. The van der Waals surface area contributed by atoms with Crippen molar-refractivity contribution in [3.63, 3.8) is 0 Å². The lowest BCUT2D eigenvalue weighted by molar-refractivity contribution is -0.121. The van der Waals surface area contributed by atoms with E-state index in [1.165, 1.54) is 11.9 Å². The smallest absolute Gasteiger partial charge is 0.407 e. The molecule has 1 unspecified atom stereocenters. The fourth-order valence-electron chi connectivity index (χ4n) is 2.51. The molecule has 5 nitrogen and oxygen atoms in total. The summed E-state index contributed by atoms with van der Waals surface area (Å²) < 4.78 is 0. The van der Waals surface area contributed by atoms with E-state index in [4.69, 9.17) is 23.2 Å². The number of hydrogen-bond donors (Lipinski definition) is 2. The van der Waals surface area contributed by atoms with Crippen LogP contribution in [0.15, 0.2) is 30.9 Å². The molecule has 0 aliphatic heterocycles. The second-order valence-corrected chi connectivity index (χ2v) is 6.34. The molecule has 0 radical (unpaired) electrons. The summed E-state index contributed by atoms with van der Waals surface area (Å²) in [6, 6.07) is 4.95. The fourth-order valence-corrected chi connectivity index (χ4v) is 2.81. The maximum atomic E-state index is 11.9. The van der Waals surface area contributed by atoms with Crippen molar-refractivity contribution < 1.29 is 14.7 Å². The van der Waals surface area contributed by atoms with Gasteiger partial charge in [-0.2, -0.15) is 0 Å². The zero-order valence-electron chi connectivity index (χ0n) is 13.8. The molecule has 0 fully saturated rings. The Kier molecular flexibility index (Phi) is 7.58. The average Bonchev–Trinajstić information content (AvgIpc) is 2.53. The van der Waals surface area contributed by atoms with Crippen LogP contribution in [-0.4, -0.2) is 35.6 Å². The summed E-state index contributed by atoms with van der Waals surface area (Å²) in [7, 11) is 1.46. The van der Waals surface area contributed by atoms with Crippen LogP contribution in [0.2, 0.25) is 10.0 Å². The van der Waals surface area contributed by atoms with E-state index in [0.717, 1.165) is 0 Å². The van der Waals surface area contributed by atoms with Crippen LogP contribution >= 0.6 is 23.2 Å². The van der Waals surface area contributed by atoms with Crippen LogP contribution in [0.1, 0.15) is 31.7 Å². The van der Waals surface area contributed by atoms with Crippen molar-refractivity contribution in [3.05, 3.63) is 46.5 Å². The minimum absolute atomic E-state index is 0.110. The number of hydrogen-bond acceptors (Lipinski definition) is 2. The maximum Gasteiger partial charge on any atom is 0.407 e. The van der Waals surface area contributed by atoms with E-state index >= 15 is 0 Å². The molecule has 0 heterocycles. The lowest BCUT2D eigenvalue weighted by Crippen LogP contribution is -2.53. The Morgan fingerprint density at radius 1 is 1.38 bits per heavy atom. The number of halogens is 2. The molecule has 0 aliphatic carbocycles. The van der Waals surface area contributed by atoms with Crippen molar-refractivity contribution in [2.75, 3.05) is 13.6 Å². The van der Waals surface area contributed by atoms with Gasteiger partial charge in [-0.15, -0.1) is 6.58 Å². The summed E-state index contributed by atoms with van der Waals surface area (Å²) in [5.41, 5.74) is -0.385. The topological polar surface area (TPSA) is 69.6 Å². The van der Waals surface area contributed by atoms with E-state index in [-0.39, 0.29) is 12.5 Å². The molecule has 0 saturated heterocycles. The summed E-state index contributed by atoms with van der Waals surface area (Å²) in [6.45, 7) is 5.74. The van der Waals surface area contributed by atoms with Gasteiger partial charge in [-0.25, -0.2) is 4.79 Å². The third-order valence-electron chi connectivity index (χ3n) is 3.92. The zero-order valence-corrected chi connectivity index (χ0v) is 15.3. The van der Waals surface area contributed by atoms with Crippen molar-refractivity contribution >= 4 is 35.2 Å². The van der Waals surface area contributed by atoms with Gasteiger partial charge in [-0.1, -0.05) is 42.3 Å². The lowest BCUT2D eigenvalue weighted by atomic mass is 9.84. The van der Waals surface area contributed by atoms with Gasteiger partial charge in [-0.05, 0) is 30.5 Å². The molecular weight excluding hydrogens is 351 g/mol. The molecule has 1 aromatic carbocycles. The van der Waals surface area contributed by atoms with Gasteiger partial charge in [0.1, 0.15) is 0 Å². The van der Waals surface area contributed by atoms with Crippen LogP contribution < -0.4 is 5.32 Å². The van der Waals surface area contributed by atoms with Gasteiger partial charge < -0.3 is 10.4 Å². The molecule has 2 amide bonds. The number of nitrogens with zero attached hydrogens (tertiary/aromatic N) is 1. The molecule has 1 rings (SSSR count). The lowest BCUT2D eigenvalue weighted by Gasteiger charge is -2.40. The van der Waals surface area contributed by atoms with Crippen LogP contribution in [0.25, 0.3) is 0 Å². The van der Waals surface area contributed by atoms with E-state index in [2.05, 4.69) is 11.9 Å². The maximum absolute atomic E-state index is 11.9. The normalized spacial score (nSPS) is 13.0. The van der Waals surface area contributed by atoms with Crippen LogP contribution in [0.4, 0.5) is 4.79 Å². The first-order valence-corrected chi connectivity index (χ1v) is 8.34. The van der Waals surface area contributed by atoms with Gasteiger partial charge in [0.05, 0.1) is 15.6 Å². The number of rotatable bonds is 8. The van der Waals surface area contributed by atoms with Gasteiger partial charge in [0.15, 0.2) is 0 Å². The fraction of sp³-hybridized carbons (Fsp3) is 0.412. The van der Waals surface area contributed by atoms with Crippen molar-refractivity contribution in [1.29, 1.82) is 0 Å². The molecule has 132 valence electrons. The van der Waals surface area contributed by atoms with Crippen LogP contribution in [0, 0.1) is 0 Å². The highest BCUT2D eigenvalue weighted by molar-refractivity contribution is 6.42. The van der Waals surface area contributed by atoms with Crippen molar-refractivity contribution in [3.8, 4) is 0 Å². The number of carbonyl (C=O) groups is 2. The van der Waals surface area contributed by atoms with E-state index in [9.17, 15) is 14.7 Å². The molecule has 24 heavy (non-hydrogen) atoms. The number of amides is 2. The predicted molar refractivity (Wildman–Crippen MR) is 96.7 cm³/mol. The highest BCUT2D eigenvalue weighted by Crippen LogP contribution is 2.35. The Morgan fingerprint density at radius 2 is 2.04 bits per heavy atom. The Balaban J connectivity index is 3.34. The van der Waals surface area contributed by atoms with Gasteiger partial charge >= 0.3 is 6.09 Å². The monoisotopic (exact) mass is 372 g/mol. The highest BCUT2D eigenvalue weighted by atomic mass is 35.5. The van der Waals surface area contributed by atoms with Crippen LogP contribution in [0.3, 0.4) is 0 Å². The van der Waals surface area contributed by atoms with Gasteiger partial charge in [0, 0.05) is 20.0 Å². The average molecular weight is 373 g/mol. The quantitative estimate of drug-likeness (QED) is 0.668. The van der Waals surface area contributed by atoms with Crippen LogP contribution in [-0.2, 0) is 10.3 Å². The third-order valence-corrected chi connectivity index (χ3v) is 4.66. The molecular formula is C17H22Cl2N2O3. The Morgan fingerprint density at radius 3 is 2.54 bits per heavy atom. The molecule has 2 N–H and O–H groups in total. The van der Waals surface area contributed by atoms with E-state index in [1.54, 1.807) is 24.3 Å². The zero-order chi connectivity index (χ0) is 18.3. The predicted octanol–water partition coefficient (Wildman–Crippen LogP) is 4.29. The van der Waals surface area contributed by atoms with Gasteiger partial charge in [0.2, 0.25) is 5.91 Å². The van der Waals surface area contributed by atoms with E-state index in [1.807, 2.05) is 6.92 Å². The summed E-state index contributed by atoms with van der Waals surface area (Å²) in [5, 5.41) is 13.0. The summed E-state index contributed by atoms with van der Waals surface area (Å²) >= 11 is 12.1. The second kappa shape index (κ2) is 8.94. The number of likely N-dealkylation sites (N-methyl/N-ethyl adjacent to an activating group) is 1. The molecule has 0 saturated carbocycles. The standard InChI is InChI=1S/C17H22Cl2N2O3/c1-4-6-15(22)20-11-17(9-5-2,21(3)16(23)24)12-7-8-13(18)14(19)10-12/h5,7-8,10H,2,4,6,9,11H2,1,3H3,(H,20,22)(H,23,24). The van der Waals surface area contributed by atoms with E-state index < -0.39 is 11.6 Å². The summed E-state index contributed by atoms with van der Waals surface area (Å²) in [6.07, 6.45) is 1.89. The third kappa shape index (κ3) is 4.65. The number of benzene rings is 1. The second-order valence-electron chi connectivity index (χ2n) is 5.52. The van der Waals surface area contributed by atoms with Crippen molar-refractivity contribution in [1.82, 2.24) is 10.2 Å².